The Morgan fingerprint density at radius 1 is 1.35 bits per heavy atom. The normalized spacial score (nSPS) is 25.2. The average molecular weight is 271 g/mol. The maximum Gasteiger partial charge on any atom is 0.408 e. The Kier molecular flexibility index (Phi) is 3.76. The van der Waals surface area contributed by atoms with Gasteiger partial charge in [-0.3, -0.25) is 0 Å². The number of amides is 1. The van der Waals surface area contributed by atoms with Gasteiger partial charge in [-0.1, -0.05) is 36.3 Å². The summed E-state index contributed by atoms with van der Waals surface area (Å²) in [5, 5.41) is 2.84. The molecule has 1 N–H and O–H groups in total. The van der Waals surface area contributed by atoms with Crippen molar-refractivity contribution in [2.24, 2.45) is 0 Å². The van der Waals surface area contributed by atoms with Gasteiger partial charge >= 0.3 is 6.09 Å². The van der Waals surface area contributed by atoms with Crippen molar-refractivity contribution in [3.63, 3.8) is 0 Å². The second-order valence-electron chi connectivity index (χ2n) is 6.37. The molecule has 0 aromatic heterocycles. The van der Waals surface area contributed by atoms with Crippen molar-refractivity contribution in [1.82, 2.24) is 5.32 Å². The topological polar surface area (TPSA) is 38.3 Å². The molecule has 1 aliphatic rings. The fourth-order valence-electron chi connectivity index (χ4n) is 2.50. The third kappa shape index (κ3) is 3.33. The van der Waals surface area contributed by atoms with Crippen molar-refractivity contribution in [2.75, 3.05) is 0 Å². The zero-order valence-electron chi connectivity index (χ0n) is 12.3. The van der Waals surface area contributed by atoms with E-state index in [0.717, 1.165) is 12.8 Å². The lowest BCUT2D eigenvalue weighted by molar-refractivity contribution is 0.0424. The first-order chi connectivity index (χ1) is 9.34. The van der Waals surface area contributed by atoms with Crippen LogP contribution in [-0.4, -0.2) is 17.2 Å². The molecule has 3 nitrogen and oxygen atoms in total. The molecule has 106 valence electrons. The van der Waals surface area contributed by atoms with Crippen molar-refractivity contribution < 1.29 is 9.53 Å². The van der Waals surface area contributed by atoms with Crippen LogP contribution in [0.2, 0.25) is 0 Å². The highest BCUT2D eigenvalue weighted by molar-refractivity contribution is 5.70. The number of carbonyl (C=O) groups excluding carboxylic acids is 1. The molecule has 1 saturated carbocycles. The second kappa shape index (κ2) is 5.20. The number of nitrogens with one attached hydrogen (secondary N) is 1. The van der Waals surface area contributed by atoms with E-state index in [9.17, 15) is 4.79 Å². The van der Waals surface area contributed by atoms with E-state index in [-0.39, 0.29) is 0 Å². The molecule has 0 heterocycles. The minimum Gasteiger partial charge on any atom is -0.444 e. The van der Waals surface area contributed by atoms with E-state index >= 15 is 0 Å². The highest BCUT2D eigenvalue weighted by Crippen LogP contribution is 2.44. The van der Waals surface area contributed by atoms with Gasteiger partial charge < -0.3 is 10.1 Å². The standard InChI is InChI=1S/C17H21NO2/c1-5-17(18-15(19)20-16(2,3)4)11-14(12-17)13-9-7-6-8-10-13/h1,6-10,14H,11-12H2,2-4H3,(H,18,19). The molecule has 0 aliphatic heterocycles. The molecule has 1 aromatic carbocycles. The van der Waals surface area contributed by atoms with Gasteiger partial charge in [0.15, 0.2) is 0 Å². The van der Waals surface area contributed by atoms with Gasteiger partial charge in [-0.05, 0) is 45.1 Å². The monoisotopic (exact) mass is 271 g/mol. The summed E-state index contributed by atoms with van der Waals surface area (Å²) in [6, 6.07) is 10.2. The molecule has 0 radical (unpaired) electrons. The maximum absolute atomic E-state index is 11.8. The Hall–Kier alpha value is -1.95. The third-order valence-corrected chi connectivity index (χ3v) is 3.48. The Bertz CT molecular complexity index is 516. The van der Waals surface area contributed by atoms with Gasteiger partial charge in [0, 0.05) is 0 Å². The largest absolute Gasteiger partial charge is 0.444 e. The van der Waals surface area contributed by atoms with Crippen LogP contribution in [-0.2, 0) is 4.74 Å². The van der Waals surface area contributed by atoms with E-state index in [0.29, 0.717) is 5.92 Å². The molecule has 3 heteroatoms. The minimum absolute atomic E-state index is 0.405. The van der Waals surface area contributed by atoms with Crippen LogP contribution >= 0.6 is 0 Å². The number of alkyl carbamates (subject to hydrolysis) is 1. The van der Waals surface area contributed by atoms with Gasteiger partial charge in [-0.25, -0.2) is 4.79 Å². The first-order valence-corrected chi connectivity index (χ1v) is 6.87. The van der Waals surface area contributed by atoms with Crippen LogP contribution in [0, 0.1) is 12.3 Å². The van der Waals surface area contributed by atoms with Crippen LogP contribution in [0.4, 0.5) is 4.79 Å². The molecule has 2 rings (SSSR count). The molecule has 20 heavy (non-hydrogen) atoms. The highest BCUT2D eigenvalue weighted by atomic mass is 16.6. The Balaban J connectivity index is 1.95. The maximum atomic E-state index is 11.8. The van der Waals surface area contributed by atoms with E-state index in [1.165, 1.54) is 5.56 Å². The van der Waals surface area contributed by atoms with Gasteiger partial charge in [-0.2, -0.15) is 0 Å². The van der Waals surface area contributed by atoms with Crippen LogP contribution in [0.3, 0.4) is 0 Å². The van der Waals surface area contributed by atoms with Gasteiger partial charge in [-0.15, -0.1) is 6.42 Å². The van der Waals surface area contributed by atoms with E-state index in [4.69, 9.17) is 11.2 Å². The van der Waals surface area contributed by atoms with Crippen molar-refractivity contribution in [3.05, 3.63) is 35.9 Å². The van der Waals surface area contributed by atoms with E-state index in [1.807, 2.05) is 39.0 Å². The van der Waals surface area contributed by atoms with Crippen molar-refractivity contribution in [1.29, 1.82) is 0 Å². The van der Waals surface area contributed by atoms with Crippen LogP contribution in [0.15, 0.2) is 30.3 Å². The summed E-state index contributed by atoms with van der Waals surface area (Å²) >= 11 is 0. The zero-order chi connectivity index (χ0) is 14.8. The molecule has 0 spiro atoms. The summed E-state index contributed by atoms with van der Waals surface area (Å²) in [6.07, 6.45) is 6.67. The highest BCUT2D eigenvalue weighted by Gasteiger charge is 2.45. The molecular weight excluding hydrogens is 250 g/mol. The lowest BCUT2D eigenvalue weighted by Crippen LogP contribution is -2.56. The molecule has 1 amide bonds. The molecular formula is C17H21NO2. The van der Waals surface area contributed by atoms with E-state index in [1.54, 1.807) is 0 Å². The van der Waals surface area contributed by atoms with E-state index in [2.05, 4.69) is 23.4 Å². The summed E-state index contributed by atoms with van der Waals surface area (Å²) in [6.45, 7) is 5.51. The fraction of sp³-hybridized carbons (Fsp3) is 0.471. The second-order valence-corrected chi connectivity index (χ2v) is 6.37. The number of rotatable bonds is 2. The Morgan fingerprint density at radius 2 is 1.95 bits per heavy atom. The van der Waals surface area contributed by atoms with Crippen molar-refractivity contribution in [2.45, 2.75) is 50.7 Å². The van der Waals surface area contributed by atoms with Gasteiger partial charge in [0.05, 0.1) is 0 Å². The van der Waals surface area contributed by atoms with Crippen LogP contribution in [0.1, 0.15) is 45.1 Å². The van der Waals surface area contributed by atoms with Crippen LogP contribution in [0.25, 0.3) is 0 Å². The lowest BCUT2D eigenvalue weighted by atomic mass is 9.66. The minimum atomic E-state index is -0.567. The molecule has 0 unspecified atom stereocenters. The zero-order valence-corrected chi connectivity index (χ0v) is 12.3. The average Bonchev–Trinajstić information content (AvgIpc) is 2.32. The molecule has 0 atom stereocenters. The quantitative estimate of drug-likeness (QED) is 0.837. The molecule has 0 saturated heterocycles. The summed E-state index contributed by atoms with van der Waals surface area (Å²) in [5.41, 5.74) is 0.190. The number of benzene rings is 1. The molecule has 1 aromatic rings. The van der Waals surface area contributed by atoms with Crippen LogP contribution in [0.5, 0.6) is 0 Å². The van der Waals surface area contributed by atoms with Gasteiger partial charge in [0.25, 0.3) is 0 Å². The smallest absolute Gasteiger partial charge is 0.408 e. The first-order valence-electron chi connectivity index (χ1n) is 6.87. The predicted octanol–water partition coefficient (Wildman–Crippen LogP) is 3.46. The van der Waals surface area contributed by atoms with Crippen molar-refractivity contribution >= 4 is 6.09 Å². The number of ether oxygens (including phenoxy) is 1. The third-order valence-electron chi connectivity index (χ3n) is 3.48. The van der Waals surface area contributed by atoms with E-state index < -0.39 is 17.2 Å². The molecule has 1 aliphatic carbocycles. The van der Waals surface area contributed by atoms with Gasteiger partial charge in [0.1, 0.15) is 11.1 Å². The predicted molar refractivity (Wildman–Crippen MR) is 79.4 cm³/mol. The Labute approximate surface area is 120 Å². The Morgan fingerprint density at radius 3 is 2.45 bits per heavy atom. The summed E-state index contributed by atoms with van der Waals surface area (Å²) in [5.74, 6) is 3.12. The summed E-state index contributed by atoms with van der Waals surface area (Å²) in [7, 11) is 0. The number of hydrogen-bond acceptors (Lipinski definition) is 2. The SMILES string of the molecule is C#CC1(NC(=O)OC(C)(C)C)CC(c2ccccc2)C1. The summed E-state index contributed by atoms with van der Waals surface area (Å²) in [4.78, 5) is 11.8. The number of hydrogen-bond donors (Lipinski definition) is 1. The van der Waals surface area contributed by atoms with Crippen LogP contribution < -0.4 is 5.32 Å². The fourth-order valence-corrected chi connectivity index (χ4v) is 2.50. The number of carbonyl (C=O) groups is 1. The first kappa shape index (κ1) is 14.5. The lowest BCUT2D eigenvalue weighted by Gasteiger charge is -2.44. The van der Waals surface area contributed by atoms with Gasteiger partial charge in [0.2, 0.25) is 0 Å². The molecule has 1 fully saturated rings. The number of terminal acetylenes is 1. The molecule has 0 bridgehead atoms. The van der Waals surface area contributed by atoms with Crippen molar-refractivity contribution in [3.8, 4) is 12.3 Å². The summed E-state index contributed by atoms with van der Waals surface area (Å²) < 4.78 is 5.27.